The van der Waals surface area contributed by atoms with Crippen molar-refractivity contribution in [1.82, 2.24) is 14.9 Å². The van der Waals surface area contributed by atoms with Gasteiger partial charge in [0.25, 0.3) is 0 Å². The summed E-state index contributed by atoms with van der Waals surface area (Å²) in [5, 5.41) is 5.89. The molecule has 0 saturated carbocycles. The van der Waals surface area contributed by atoms with Gasteiger partial charge in [0.1, 0.15) is 5.82 Å². The lowest BCUT2D eigenvalue weighted by Crippen LogP contribution is -2.31. The van der Waals surface area contributed by atoms with Crippen LogP contribution in [0.3, 0.4) is 0 Å². The number of carbonyl (C=O) groups excluding carboxylic acids is 1. The lowest BCUT2D eigenvalue weighted by molar-refractivity contribution is 0.249. The lowest BCUT2D eigenvalue weighted by Gasteiger charge is -2.16. The van der Waals surface area contributed by atoms with Gasteiger partial charge in [0.05, 0.1) is 6.04 Å². The van der Waals surface area contributed by atoms with Gasteiger partial charge in [0.2, 0.25) is 0 Å². The Morgan fingerprint density at radius 3 is 2.59 bits per heavy atom. The number of hydrogen-bond donors (Lipinski definition) is 2. The predicted octanol–water partition coefficient (Wildman–Crippen LogP) is 4.94. The van der Waals surface area contributed by atoms with Crippen molar-refractivity contribution in [3.05, 3.63) is 83.9 Å². The van der Waals surface area contributed by atoms with E-state index in [1.165, 1.54) is 0 Å². The van der Waals surface area contributed by atoms with Crippen molar-refractivity contribution in [3.63, 3.8) is 0 Å². The number of anilines is 1. The van der Waals surface area contributed by atoms with E-state index >= 15 is 0 Å². The van der Waals surface area contributed by atoms with Gasteiger partial charge in [-0.15, -0.1) is 0 Å². The molecule has 1 atom stereocenters. The van der Waals surface area contributed by atoms with E-state index in [0.717, 1.165) is 29.2 Å². The van der Waals surface area contributed by atoms with Crippen molar-refractivity contribution in [3.8, 4) is 0 Å². The van der Waals surface area contributed by atoms with E-state index < -0.39 is 0 Å². The highest BCUT2D eigenvalue weighted by Gasteiger charge is 2.10. The van der Waals surface area contributed by atoms with Crippen molar-refractivity contribution < 1.29 is 4.79 Å². The third-order valence-corrected chi connectivity index (χ3v) is 4.45. The van der Waals surface area contributed by atoms with Crippen LogP contribution in [0.5, 0.6) is 0 Å². The van der Waals surface area contributed by atoms with Gasteiger partial charge in [-0.1, -0.05) is 56.3 Å². The van der Waals surface area contributed by atoms with E-state index in [-0.39, 0.29) is 12.1 Å². The van der Waals surface area contributed by atoms with Gasteiger partial charge < -0.3 is 15.2 Å². The molecule has 1 unspecified atom stereocenters. The zero-order chi connectivity index (χ0) is 19.2. The van der Waals surface area contributed by atoms with Crippen LogP contribution < -0.4 is 10.6 Å². The molecule has 3 aromatic rings. The van der Waals surface area contributed by atoms with Crippen LogP contribution in [-0.4, -0.2) is 15.6 Å². The molecule has 3 rings (SSSR count). The van der Waals surface area contributed by atoms with Gasteiger partial charge in [-0.25, -0.2) is 9.78 Å². The monoisotopic (exact) mass is 362 g/mol. The number of hydrogen-bond acceptors (Lipinski definition) is 2. The second kappa shape index (κ2) is 8.54. The van der Waals surface area contributed by atoms with Gasteiger partial charge in [-0.2, -0.15) is 0 Å². The van der Waals surface area contributed by atoms with Crippen LogP contribution in [0.15, 0.2) is 67.0 Å². The second-order valence-corrected chi connectivity index (χ2v) is 7.00. The SMILES string of the molecule is CC(C)c1nccn1Cc1cccc(NC(=O)NC(C)c2ccccc2)c1. The summed E-state index contributed by atoms with van der Waals surface area (Å²) in [6.07, 6.45) is 3.82. The fraction of sp³-hybridized carbons (Fsp3) is 0.273. The molecule has 0 saturated heterocycles. The number of carbonyl (C=O) groups is 1. The predicted molar refractivity (Wildman–Crippen MR) is 109 cm³/mol. The first kappa shape index (κ1) is 18.7. The van der Waals surface area contributed by atoms with Crippen LogP contribution in [0, 0.1) is 0 Å². The first-order valence-corrected chi connectivity index (χ1v) is 9.25. The van der Waals surface area contributed by atoms with Crippen molar-refractivity contribution in [2.45, 2.75) is 39.3 Å². The molecule has 140 valence electrons. The van der Waals surface area contributed by atoms with Crippen LogP contribution in [0.25, 0.3) is 0 Å². The Bertz CT molecular complexity index is 886. The molecule has 0 fully saturated rings. The van der Waals surface area contributed by atoms with Gasteiger partial charge in [-0.05, 0) is 30.2 Å². The quantitative estimate of drug-likeness (QED) is 0.653. The number of aromatic nitrogens is 2. The molecule has 27 heavy (non-hydrogen) atoms. The molecule has 0 bridgehead atoms. The first-order valence-electron chi connectivity index (χ1n) is 9.25. The highest BCUT2D eigenvalue weighted by Crippen LogP contribution is 2.17. The van der Waals surface area contributed by atoms with E-state index in [1.54, 1.807) is 0 Å². The van der Waals surface area contributed by atoms with Crippen molar-refractivity contribution in [1.29, 1.82) is 0 Å². The smallest absolute Gasteiger partial charge is 0.319 e. The Balaban J connectivity index is 1.63. The largest absolute Gasteiger partial charge is 0.331 e. The summed E-state index contributed by atoms with van der Waals surface area (Å²) in [7, 11) is 0. The zero-order valence-electron chi connectivity index (χ0n) is 16.0. The number of amides is 2. The highest BCUT2D eigenvalue weighted by molar-refractivity contribution is 5.89. The minimum absolute atomic E-state index is 0.0612. The summed E-state index contributed by atoms with van der Waals surface area (Å²) in [5.74, 6) is 1.43. The van der Waals surface area contributed by atoms with Crippen molar-refractivity contribution in [2.24, 2.45) is 0 Å². The van der Waals surface area contributed by atoms with Crippen LogP contribution in [-0.2, 0) is 6.54 Å². The normalized spacial score (nSPS) is 12.0. The van der Waals surface area contributed by atoms with Crippen LogP contribution in [0.1, 0.15) is 49.7 Å². The maximum absolute atomic E-state index is 12.3. The Labute approximate surface area is 160 Å². The van der Waals surface area contributed by atoms with E-state index in [4.69, 9.17) is 0 Å². The maximum Gasteiger partial charge on any atom is 0.319 e. The summed E-state index contributed by atoms with van der Waals surface area (Å²) in [4.78, 5) is 16.8. The molecule has 2 N–H and O–H groups in total. The van der Waals surface area contributed by atoms with E-state index in [0.29, 0.717) is 5.92 Å². The third kappa shape index (κ3) is 4.97. The van der Waals surface area contributed by atoms with Gasteiger partial charge in [0.15, 0.2) is 0 Å². The molecule has 1 aromatic heterocycles. The van der Waals surface area contributed by atoms with Crippen LogP contribution >= 0.6 is 0 Å². The number of rotatable bonds is 6. The summed E-state index contributed by atoms with van der Waals surface area (Å²) in [5.41, 5.74) is 2.96. The van der Waals surface area contributed by atoms with Gasteiger partial charge in [0, 0.05) is 30.5 Å². The summed E-state index contributed by atoms with van der Waals surface area (Å²) in [6.45, 7) is 6.97. The van der Waals surface area contributed by atoms with E-state index in [2.05, 4.69) is 40.1 Å². The average molecular weight is 362 g/mol. The number of nitrogens with zero attached hydrogens (tertiary/aromatic N) is 2. The Hall–Kier alpha value is -3.08. The van der Waals surface area contributed by atoms with E-state index in [9.17, 15) is 4.79 Å². The van der Waals surface area contributed by atoms with Gasteiger partial charge in [-0.3, -0.25) is 0 Å². The molecule has 0 aliphatic rings. The van der Waals surface area contributed by atoms with Gasteiger partial charge >= 0.3 is 6.03 Å². The average Bonchev–Trinajstić information content (AvgIpc) is 3.11. The molecule has 5 heteroatoms. The molecule has 0 radical (unpaired) electrons. The summed E-state index contributed by atoms with van der Waals surface area (Å²) >= 11 is 0. The highest BCUT2D eigenvalue weighted by atomic mass is 16.2. The Morgan fingerprint density at radius 2 is 1.85 bits per heavy atom. The van der Waals surface area contributed by atoms with Crippen molar-refractivity contribution >= 4 is 11.7 Å². The Morgan fingerprint density at radius 1 is 1.07 bits per heavy atom. The molecule has 2 amide bonds. The molecule has 0 aliphatic carbocycles. The molecule has 1 heterocycles. The molecule has 2 aromatic carbocycles. The standard InChI is InChI=1S/C22H26N4O/c1-16(2)21-23-12-13-26(21)15-18-8-7-11-20(14-18)25-22(27)24-17(3)19-9-5-4-6-10-19/h4-14,16-17H,15H2,1-3H3,(H2,24,25,27). The fourth-order valence-corrected chi connectivity index (χ4v) is 3.09. The zero-order valence-corrected chi connectivity index (χ0v) is 16.0. The number of urea groups is 1. The fourth-order valence-electron chi connectivity index (χ4n) is 3.09. The molecular weight excluding hydrogens is 336 g/mol. The molecule has 5 nitrogen and oxygen atoms in total. The van der Waals surface area contributed by atoms with E-state index in [1.807, 2.05) is 67.8 Å². The van der Waals surface area contributed by atoms with Crippen LogP contribution in [0.2, 0.25) is 0 Å². The topological polar surface area (TPSA) is 59.0 Å². The maximum atomic E-state index is 12.3. The molecular formula is C22H26N4O. The lowest BCUT2D eigenvalue weighted by atomic mass is 10.1. The first-order chi connectivity index (χ1) is 13.0. The summed E-state index contributed by atoms with van der Waals surface area (Å²) in [6, 6.07) is 17.5. The minimum Gasteiger partial charge on any atom is -0.331 e. The van der Waals surface area contributed by atoms with Crippen LogP contribution in [0.4, 0.5) is 10.5 Å². The number of benzene rings is 2. The number of nitrogens with one attached hydrogen (secondary N) is 2. The minimum atomic E-state index is -0.214. The number of imidazole rings is 1. The summed E-state index contributed by atoms with van der Waals surface area (Å²) < 4.78 is 2.14. The molecule has 0 aliphatic heterocycles. The second-order valence-electron chi connectivity index (χ2n) is 7.00. The van der Waals surface area contributed by atoms with Crippen molar-refractivity contribution in [2.75, 3.05) is 5.32 Å². The molecule has 0 spiro atoms. The Kier molecular flexibility index (Phi) is 5.91. The third-order valence-electron chi connectivity index (χ3n) is 4.45.